The van der Waals surface area contributed by atoms with Gasteiger partial charge in [0.1, 0.15) is 5.60 Å². The Hall–Kier alpha value is -0.810. The highest BCUT2D eigenvalue weighted by atomic mass is 16.6. The molecule has 112 valence electrons. The van der Waals surface area contributed by atoms with Gasteiger partial charge in [0, 0.05) is 25.2 Å². The van der Waals surface area contributed by atoms with E-state index < -0.39 is 5.60 Å². The van der Waals surface area contributed by atoms with E-state index in [0.29, 0.717) is 18.6 Å². The van der Waals surface area contributed by atoms with Crippen molar-refractivity contribution in [2.75, 3.05) is 26.7 Å². The average molecular weight is 271 g/mol. The van der Waals surface area contributed by atoms with Crippen LogP contribution in [0.5, 0.6) is 0 Å². The first-order valence-corrected chi connectivity index (χ1v) is 7.21. The lowest BCUT2D eigenvalue weighted by Crippen LogP contribution is -2.46. The predicted octanol–water partition coefficient (Wildman–Crippen LogP) is 1.58. The van der Waals surface area contributed by atoms with E-state index in [4.69, 9.17) is 4.74 Å². The van der Waals surface area contributed by atoms with Gasteiger partial charge in [0.05, 0.1) is 0 Å². The molecule has 0 saturated carbocycles. The minimum absolute atomic E-state index is 0.309. The Morgan fingerprint density at radius 3 is 2.63 bits per heavy atom. The predicted molar refractivity (Wildman–Crippen MR) is 77.4 cm³/mol. The summed E-state index contributed by atoms with van der Waals surface area (Å²) in [6.45, 7) is 10.6. The quantitative estimate of drug-likeness (QED) is 0.797. The molecule has 0 aromatic rings. The van der Waals surface area contributed by atoms with Crippen LogP contribution in [-0.4, -0.2) is 55.4 Å². The van der Waals surface area contributed by atoms with Gasteiger partial charge in [-0.2, -0.15) is 0 Å². The maximum Gasteiger partial charge on any atom is 0.407 e. The van der Waals surface area contributed by atoms with Gasteiger partial charge in [0.25, 0.3) is 0 Å². The molecule has 0 aromatic carbocycles. The van der Waals surface area contributed by atoms with E-state index in [-0.39, 0.29) is 6.09 Å². The number of likely N-dealkylation sites (N-methyl/N-ethyl adjacent to an activating group) is 1. The second kappa shape index (κ2) is 7.10. The maximum absolute atomic E-state index is 11.6. The molecular weight excluding hydrogens is 242 g/mol. The Labute approximate surface area is 117 Å². The molecule has 1 saturated heterocycles. The summed E-state index contributed by atoms with van der Waals surface area (Å²) >= 11 is 0. The molecule has 0 bridgehead atoms. The van der Waals surface area contributed by atoms with Crippen LogP contribution in [0.1, 0.15) is 40.5 Å². The van der Waals surface area contributed by atoms with E-state index in [1.165, 1.54) is 6.42 Å². The fraction of sp³-hybridized carbons (Fsp3) is 0.929. The monoisotopic (exact) mass is 271 g/mol. The summed E-state index contributed by atoms with van der Waals surface area (Å²) in [5.74, 6) is 0. The summed E-state index contributed by atoms with van der Waals surface area (Å²) in [5.41, 5.74) is -0.437. The Balaban J connectivity index is 2.26. The molecular formula is C14H29N3O2. The number of rotatable bonds is 5. The van der Waals surface area contributed by atoms with Gasteiger partial charge >= 0.3 is 6.09 Å². The van der Waals surface area contributed by atoms with Crippen LogP contribution in [0.3, 0.4) is 0 Å². The van der Waals surface area contributed by atoms with Gasteiger partial charge in [0.15, 0.2) is 0 Å². The summed E-state index contributed by atoms with van der Waals surface area (Å²) in [6, 6.07) is 0.847. The van der Waals surface area contributed by atoms with Gasteiger partial charge in [0.2, 0.25) is 0 Å². The first kappa shape index (κ1) is 16.2. The zero-order chi connectivity index (χ0) is 14.5. The van der Waals surface area contributed by atoms with E-state index in [1.54, 1.807) is 0 Å². The highest BCUT2D eigenvalue weighted by Gasteiger charge is 2.22. The highest BCUT2D eigenvalue weighted by Crippen LogP contribution is 2.08. The molecule has 0 aliphatic carbocycles. The molecule has 5 heteroatoms. The molecule has 0 spiro atoms. The van der Waals surface area contributed by atoms with Crippen molar-refractivity contribution in [1.82, 2.24) is 15.5 Å². The van der Waals surface area contributed by atoms with Crippen molar-refractivity contribution in [2.24, 2.45) is 0 Å². The number of nitrogens with zero attached hydrogens (tertiary/aromatic N) is 1. The maximum atomic E-state index is 11.6. The van der Waals surface area contributed by atoms with Crippen LogP contribution in [0.4, 0.5) is 4.79 Å². The van der Waals surface area contributed by atoms with Crippen molar-refractivity contribution < 1.29 is 9.53 Å². The molecule has 0 aromatic heterocycles. The molecule has 1 aliphatic heterocycles. The highest BCUT2D eigenvalue weighted by molar-refractivity contribution is 5.67. The second-order valence-corrected chi connectivity index (χ2v) is 6.40. The third kappa shape index (κ3) is 6.78. The summed E-state index contributed by atoms with van der Waals surface area (Å²) in [7, 11) is 2.14. The van der Waals surface area contributed by atoms with E-state index in [0.717, 1.165) is 19.5 Å². The number of carbonyl (C=O) groups excluding carboxylic acids is 1. The Morgan fingerprint density at radius 1 is 1.47 bits per heavy atom. The summed E-state index contributed by atoms with van der Waals surface area (Å²) in [5, 5.41) is 6.44. The normalized spacial score (nSPS) is 22.3. The molecule has 1 heterocycles. The van der Waals surface area contributed by atoms with Crippen molar-refractivity contribution >= 4 is 6.09 Å². The molecule has 1 rings (SSSR count). The van der Waals surface area contributed by atoms with Crippen LogP contribution < -0.4 is 10.6 Å². The molecule has 0 radical (unpaired) electrons. The minimum atomic E-state index is -0.437. The van der Waals surface area contributed by atoms with Crippen LogP contribution >= 0.6 is 0 Å². The van der Waals surface area contributed by atoms with Crippen molar-refractivity contribution in [3.63, 3.8) is 0 Å². The summed E-state index contributed by atoms with van der Waals surface area (Å²) in [4.78, 5) is 13.9. The van der Waals surface area contributed by atoms with E-state index in [9.17, 15) is 4.79 Å². The van der Waals surface area contributed by atoms with Gasteiger partial charge in [-0.15, -0.1) is 0 Å². The lowest BCUT2D eigenvalue weighted by atomic mass is 10.1. The van der Waals surface area contributed by atoms with Crippen LogP contribution in [0.15, 0.2) is 0 Å². The van der Waals surface area contributed by atoms with Crippen LogP contribution in [0.25, 0.3) is 0 Å². The summed E-state index contributed by atoms with van der Waals surface area (Å²) < 4.78 is 5.23. The van der Waals surface area contributed by atoms with Gasteiger partial charge < -0.3 is 20.3 Å². The minimum Gasteiger partial charge on any atom is -0.444 e. The third-order valence-corrected chi connectivity index (χ3v) is 3.25. The lowest BCUT2D eigenvalue weighted by Gasteiger charge is -2.24. The molecule has 19 heavy (non-hydrogen) atoms. The second-order valence-electron chi connectivity index (χ2n) is 6.40. The van der Waals surface area contributed by atoms with E-state index >= 15 is 0 Å². The van der Waals surface area contributed by atoms with Crippen LogP contribution in [-0.2, 0) is 4.74 Å². The average Bonchev–Trinajstić information content (AvgIpc) is 2.67. The standard InChI is InChI=1S/C14H29N3O2/c1-6-11(16-12-7-8-17(5)10-12)9-15-13(18)19-14(2,3)4/h11-12,16H,6-10H2,1-5H3,(H,15,18). The topological polar surface area (TPSA) is 53.6 Å². The van der Waals surface area contributed by atoms with Crippen molar-refractivity contribution in [3.8, 4) is 0 Å². The SMILES string of the molecule is CCC(CNC(=O)OC(C)(C)C)NC1CCN(C)C1. The molecule has 1 amide bonds. The number of ether oxygens (including phenoxy) is 1. The number of carbonyl (C=O) groups is 1. The fourth-order valence-electron chi connectivity index (χ4n) is 2.25. The van der Waals surface area contributed by atoms with Gasteiger partial charge in [-0.25, -0.2) is 4.79 Å². The van der Waals surface area contributed by atoms with Gasteiger partial charge in [-0.05, 0) is 47.2 Å². The lowest BCUT2D eigenvalue weighted by molar-refractivity contribution is 0.0521. The molecule has 1 aliphatic rings. The number of amides is 1. The molecule has 2 N–H and O–H groups in total. The van der Waals surface area contributed by atoms with E-state index in [1.807, 2.05) is 20.8 Å². The number of hydrogen-bond donors (Lipinski definition) is 2. The number of likely N-dealkylation sites (tertiary alicyclic amines) is 1. The van der Waals surface area contributed by atoms with Crippen LogP contribution in [0, 0.1) is 0 Å². The number of alkyl carbamates (subject to hydrolysis) is 1. The smallest absolute Gasteiger partial charge is 0.407 e. The largest absolute Gasteiger partial charge is 0.444 e. The van der Waals surface area contributed by atoms with Gasteiger partial charge in [-0.3, -0.25) is 0 Å². The number of hydrogen-bond acceptors (Lipinski definition) is 4. The Morgan fingerprint density at radius 2 is 2.16 bits per heavy atom. The molecule has 2 unspecified atom stereocenters. The van der Waals surface area contributed by atoms with Crippen LogP contribution in [0.2, 0.25) is 0 Å². The zero-order valence-corrected chi connectivity index (χ0v) is 13.0. The third-order valence-electron chi connectivity index (χ3n) is 3.25. The van der Waals surface area contributed by atoms with Crippen molar-refractivity contribution in [3.05, 3.63) is 0 Å². The first-order chi connectivity index (χ1) is 8.80. The molecule has 1 fully saturated rings. The summed E-state index contributed by atoms with van der Waals surface area (Å²) in [6.07, 6.45) is 1.84. The molecule has 5 nitrogen and oxygen atoms in total. The first-order valence-electron chi connectivity index (χ1n) is 7.21. The number of nitrogens with one attached hydrogen (secondary N) is 2. The Bertz CT molecular complexity index is 289. The van der Waals surface area contributed by atoms with Gasteiger partial charge in [-0.1, -0.05) is 6.92 Å². The fourth-order valence-corrected chi connectivity index (χ4v) is 2.25. The Kier molecular flexibility index (Phi) is 6.07. The molecule has 2 atom stereocenters. The van der Waals surface area contributed by atoms with E-state index in [2.05, 4.69) is 29.5 Å². The van der Waals surface area contributed by atoms with Crippen molar-refractivity contribution in [1.29, 1.82) is 0 Å². The zero-order valence-electron chi connectivity index (χ0n) is 13.0. The van der Waals surface area contributed by atoms with Crippen molar-refractivity contribution in [2.45, 2.75) is 58.2 Å².